The number of hydrogen-bond donors (Lipinski definition) is 0. The van der Waals surface area contributed by atoms with Crippen LogP contribution in [0, 0.1) is 0 Å². The highest BCUT2D eigenvalue weighted by molar-refractivity contribution is 8.02. The van der Waals surface area contributed by atoms with E-state index in [0.717, 1.165) is 0 Å². The van der Waals surface area contributed by atoms with Gasteiger partial charge in [0.15, 0.2) is 0 Å². The molecule has 0 atom stereocenters. The molecule has 0 spiro atoms. The Morgan fingerprint density at radius 1 is 1.43 bits per heavy atom. The van der Waals surface area contributed by atoms with Crippen molar-refractivity contribution in [2.75, 3.05) is 5.75 Å². The third-order valence-corrected chi connectivity index (χ3v) is 1.77. The Morgan fingerprint density at radius 2 is 2.00 bits per heavy atom. The van der Waals surface area contributed by atoms with Crippen LogP contribution < -0.4 is 0 Å². The molecule has 0 radical (unpaired) electrons. The Hall–Kier alpha value is -0.480. The van der Waals surface area contributed by atoms with Crippen LogP contribution in [0.3, 0.4) is 0 Å². The first-order valence-electron chi connectivity index (χ1n) is 4.01. The molecule has 0 unspecified atom stereocenters. The van der Waals surface area contributed by atoms with Crippen LogP contribution in [-0.2, 0) is 14.3 Å². The van der Waals surface area contributed by atoms with Gasteiger partial charge >= 0.3 is 5.97 Å². The molecule has 14 heavy (non-hydrogen) atoms. The van der Waals surface area contributed by atoms with E-state index < -0.39 is 10.8 Å². The molecular formula is C9H13ClO3S. The fourth-order valence-corrected chi connectivity index (χ4v) is 1.24. The SMILES string of the molecule is CC(C)(C)OC(=O)CSC=CC(=O)Cl. The lowest BCUT2D eigenvalue weighted by molar-refractivity contribution is -0.151. The fourth-order valence-electron chi connectivity index (χ4n) is 0.589. The molecule has 0 aliphatic rings. The fraction of sp³-hybridized carbons (Fsp3) is 0.556. The molecule has 0 N–H and O–H groups in total. The van der Waals surface area contributed by atoms with E-state index in [-0.39, 0.29) is 11.7 Å². The van der Waals surface area contributed by atoms with Crippen molar-refractivity contribution in [1.82, 2.24) is 0 Å². The van der Waals surface area contributed by atoms with Crippen molar-refractivity contribution in [3.8, 4) is 0 Å². The Labute approximate surface area is 92.8 Å². The van der Waals surface area contributed by atoms with Gasteiger partial charge in [-0.1, -0.05) is 0 Å². The summed E-state index contributed by atoms with van der Waals surface area (Å²) in [4.78, 5) is 21.4. The van der Waals surface area contributed by atoms with Crippen molar-refractivity contribution in [2.24, 2.45) is 0 Å². The summed E-state index contributed by atoms with van der Waals surface area (Å²) in [5, 5.41) is 0.917. The predicted octanol–water partition coefficient (Wildman–Crippen LogP) is 2.34. The number of carbonyl (C=O) groups is 2. The third kappa shape index (κ3) is 9.61. The van der Waals surface area contributed by atoms with E-state index in [1.165, 1.54) is 23.2 Å². The van der Waals surface area contributed by atoms with Gasteiger partial charge in [-0.2, -0.15) is 0 Å². The largest absolute Gasteiger partial charge is 0.459 e. The van der Waals surface area contributed by atoms with Gasteiger partial charge in [-0.15, -0.1) is 11.8 Å². The number of carbonyl (C=O) groups excluding carboxylic acids is 2. The Bertz CT molecular complexity index is 243. The van der Waals surface area contributed by atoms with Crippen LogP contribution in [0.4, 0.5) is 0 Å². The van der Waals surface area contributed by atoms with Crippen LogP contribution in [0.15, 0.2) is 11.5 Å². The van der Waals surface area contributed by atoms with Crippen LogP contribution >= 0.6 is 23.4 Å². The maximum Gasteiger partial charge on any atom is 0.316 e. The maximum absolute atomic E-state index is 11.1. The minimum Gasteiger partial charge on any atom is -0.459 e. The monoisotopic (exact) mass is 236 g/mol. The highest BCUT2D eigenvalue weighted by atomic mass is 35.5. The van der Waals surface area contributed by atoms with Gasteiger partial charge < -0.3 is 4.74 Å². The molecule has 5 heteroatoms. The van der Waals surface area contributed by atoms with Gasteiger partial charge in [0.1, 0.15) is 5.60 Å². The average Bonchev–Trinajstić information content (AvgIpc) is 1.94. The van der Waals surface area contributed by atoms with Crippen LogP contribution in [0.5, 0.6) is 0 Å². The number of allylic oxidation sites excluding steroid dienone is 1. The molecule has 0 aromatic rings. The maximum atomic E-state index is 11.1. The van der Waals surface area contributed by atoms with Crippen molar-refractivity contribution >= 4 is 34.6 Å². The lowest BCUT2D eigenvalue weighted by Gasteiger charge is -2.18. The van der Waals surface area contributed by atoms with Crippen LogP contribution in [-0.4, -0.2) is 22.6 Å². The summed E-state index contributed by atoms with van der Waals surface area (Å²) >= 11 is 6.21. The summed E-state index contributed by atoms with van der Waals surface area (Å²) in [6.07, 6.45) is 1.19. The van der Waals surface area contributed by atoms with Crippen molar-refractivity contribution in [2.45, 2.75) is 26.4 Å². The van der Waals surface area contributed by atoms with E-state index in [9.17, 15) is 9.59 Å². The first-order chi connectivity index (χ1) is 6.31. The normalized spacial score (nSPS) is 11.7. The van der Waals surface area contributed by atoms with E-state index in [1.54, 1.807) is 20.8 Å². The molecule has 0 aromatic heterocycles. The van der Waals surface area contributed by atoms with E-state index >= 15 is 0 Å². The lowest BCUT2D eigenvalue weighted by atomic mass is 10.2. The van der Waals surface area contributed by atoms with E-state index in [0.29, 0.717) is 0 Å². The van der Waals surface area contributed by atoms with Gasteiger partial charge in [0.05, 0.1) is 5.75 Å². The van der Waals surface area contributed by atoms with Crippen molar-refractivity contribution in [3.05, 3.63) is 11.5 Å². The summed E-state index contributed by atoms with van der Waals surface area (Å²) < 4.78 is 5.03. The molecule has 0 rings (SSSR count). The minimum atomic E-state index is -0.554. The van der Waals surface area contributed by atoms with Gasteiger partial charge in [-0.05, 0) is 37.8 Å². The minimum absolute atomic E-state index is 0.179. The summed E-state index contributed by atoms with van der Waals surface area (Å²) in [6, 6.07) is 0. The highest BCUT2D eigenvalue weighted by Crippen LogP contribution is 2.10. The third-order valence-electron chi connectivity index (χ3n) is 0.917. The van der Waals surface area contributed by atoms with Gasteiger partial charge in [0.25, 0.3) is 0 Å². The molecule has 80 valence electrons. The first-order valence-corrected chi connectivity index (χ1v) is 5.43. The van der Waals surface area contributed by atoms with Crippen LogP contribution in [0.2, 0.25) is 0 Å². The topological polar surface area (TPSA) is 43.4 Å². The zero-order valence-corrected chi connectivity index (χ0v) is 9.95. The molecule has 0 amide bonds. The highest BCUT2D eigenvalue weighted by Gasteiger charge is 2.15. The van der Waals surface area contributed by atoms with Crippen molar-refractivity contribution < 1.29 is 14.3 Å². The molecule has 0 bridgehead atoms. The predicted molar refractivity (Wildman–Crippen MR) is 58.3 cm³/mol. The lowest BCUT2D eigenvalue weighted by Crippen LogP contribution is -2.24. The number of halogens is 1. The number of esters is 1. The molecule has 0 fully saturated rings. The van der Waals surface area contributed by atoms with Crippen LogP contribution in [0.25, 0.3) is 0 Å². The Kier molecular flexibility index (Phi) is 5.88. The summed E-state index contributed by atoms with van der Waals surface area (Å²) in [5.41, 5.74) is -0.469. The smallest absolute Gasteiger partial charge is 0.316 e. The summed E-state index contributed by atoms with van der Waals surface area (Å²) in [5.74, 6) is -0.132. The molecule has 0 aromatic carbocycles. The van der Waals surface area contributed by atoms with E-state index in [4.69, 9.17) is 16.3 Å². The number of hydrogen-bond acceptors (Lipinski definition) is 4. The second-order valence-electron chi connectivity index (χ2n) is 3.50. The van der Waals surface area contributed by atoms with E-state index in [1.807, 2.05) is 0 Å². The van der Waals surface area contributed by atoms with E-state index in [2.05, 4.69) is 0 Å². The first kappa shape index (κ1) is 13.5. The van der Waals surface area contributed by atoms with Gasteiger partial charge in [0.2, 0.25) is 5.24 Å². The standard InChI is InChI=1S/C9H13ClO3S/c1-9(2,3)13-8(12)6-14-5-4-7(10)11/h4-5H,6H2,1-3H3. The number of thioether (sulfide) groups is 1. The van der Waals surface area contributed by atoms with Crippen molar-refractivity contribution in [3.63, 3.8) is 0 Å². The van der Waals surface area contributed by atoms with Gasteiger partial charge in [-0.25, -0.2) is 0 Å². The summed E-state index contributed by atoms with van der Waals surface area (Å²) in [7, 11) is 0. The zero-order valence-electron chi connectivity index (χ0n) is 8.37. The molecule has 0 saturated carbocycles. The second-order valence-corrected chi connectivity index (χ2v) is 4.77. The molecule has 0 heterocycles. The quantitative estimate of drug-likeness (QED) is 0.427. The molecule has 3 nitrogen and oxygen atoms in total. The zero-order chi connectivity index (χ0) is 11.2. The Morgan fingerprint density at radius 3 is 2.43 bits per heavy atom. The molecule has 0 saturated heterocycles. The average molecular weight is 237 g/mol. The molecular weight excluding hydrogens is 224 g/mol. The molecule has 0 aliphatic heterocycles. The Balaban J connectivity index is 3.71. The summed E-state index contributed by atoms with van der Waals surface area (Å²) in [6.45, 7) is 5.40. The molecule has 0 aliphatic carbocycles. The van der Waals surface area contributed by atoms with Gasteiger partial charge in [0, 0.05) is 6.08 Å². The number of rotatable bonds is 4. The van der Waals surface area contributed by atoms with Crippen LogP contribution in [0.1, 0.15) is 20.8 Å². The van der Waals surface area contributed by atoms with Crippen molar-refractivity contribution in [1.29, 1.82) is 0 Å². The number of ether oxygens (including phenoxy) is 1. The second kappa shape index (κ2) is 6.09. The van der Waals surface area contributed by atoms with Gasteiger partial charge in [-0.3, -0.25) is 9.59 Å².